The fraction of sp³-hybridized carbons (Fsp3) is 0.667. The number of aliphatic hydroxyl groups is 1. The molecule has 0 amide bonds. The fourth-order valence-electron chi connectivity index (χ4n) is 0. The van der Waals surface area contributed by atoms with Crippen molar-refractivity contribution in [2.75, 3.05) is 7.11 Å². The second kappa shape index (κ2) is 32.9. The zero-order chi connectivity index (χ0) is 5.58. The molecule has 0 atom stereocenters. The van der Waals surface area contributed by atoms with Crippen molar-refractivity contribution in [3.8, 4) is 0 Å². The Bertz CT molecular complexity index is 35.5. The average molecular weight is 126 g/mol. The van der Waals surface area contributed by atoms with Gasteiger partial charge in [-0.1, -0.05) is 0 Å². The zero-order valence-corrected chi connectivity index (χ0v) is 5.47. The van der Waals surface area contributed by atoms with E-state index in [9.17, 15) is 0 Å². The van der Waals surface area contributed by atoms with Gasteiger partial charge in [-0.3, -0.25) is 0 Å². The SMILES string of the molecule is CC(=O)[O-].CO.N.[NH4+]. The summed E-state index contributed by atoms with van der Waals surface area (Å²) in [6, 6.07) is 0. The highest BCUT2D eigenvalue weighted by atomic mass is 16.4. The zero-order valence-electron chi connectivity index (χ0n) is 5.47. The first-order valence-corrected chi connectivity index (χ1v) is 1.36. The molecule has 0 radical (unpaired) electrons. The van der Waals surface area contributed by atoms with Crippen LogP contribution in [0.5, 0.6) is 0 Å². The lowest BCUT2D eigenvalue weighted by molar-refractivity contribution is -0.302. The highest BCUT2D eigenvalue weighted by Gasteiger charge is 1.46. The number of carbonyl (C=O) groups is 1. The smallest absolute Gasteiger partial charge is 0.0383 e. The van der Waals surface area contributed by atoms with Crippen LogP contribution >= 0.6 is 0 Å². The second-order valence-corrected chi connectivity index (χ2v) is 0.492. The molecule has 8 N–H and O–H groups in total. The molecule has 0 aliphatic heterocycles. The Morgan fingerprint density at radius 3 is 1.50 bits per heavy atom. The summed E-state index contributed by atoms with van der Waals surface area (Å²) in [5, 5.41) is 15.9. The molecule has 0 fully saturated rings. The summed E-state index contributed by atoms with van der Waals surface area (Å²) in [5.41, 5.74) is 0. The average Bonchev–Trinajstić information content (AvgIpc) is 1.41. The van der Waals surface area contributed by atoms with Crippen molar-refractivity contribution in [2.45, 2.75) is 6.92 Å². The van der Waals surface area contributed by atoms with Crippen molar-refractivity contribution in [1.29, 1.82) is 0 Å². The first-order valence-electron chi connectivity index (χ1n) is 1.36. The van der Waals surface area contributed by atoms with Crippen LogP contribution in [0.3, 0.4) is 0 Å². The summed E-state index contributed by atoms with van der Waals surface area (Å²) in [7, 11) is 1.00. The van der Waals surface area contributed by atoms with E-state index in [1.54, 1.807) is 0 Å². The van der Waals surface area contributed by atoms with E-state index in [0.29, 0.717) is 0 Å². The van der Waals surface area contributed by atoms with E-state index in [4.69, 9.17) is 15.0 Å². The minimum Gasteiger partial charge on any atom is -0.550 e. The van der Waals surface area contributed by atoms with Gasteiger partial charge in [-0.25, -0.2) is 0 Å². The van der Waals surface area contributed by atoms with Crippen LogP contribution in [0.15, 0.2) is 0 Å². The Balaban J connectivity index is -0.0000000183. The van der Waals surface area contributed by atoms with Crippen LogP contribution in [0.25, 0.3) is 0 Å². The number of quaternary nitrogens is 1. The molecule has 0 aromatic carbocycles. The maximum atomic E-state index is 8.89. The van der Waals surface area contributed by atoms with Gasteiger partial charge in [-0.15, -0.1) is 0 Å². The molecule has 54 valence electrons. The maximum Gasteiger partial charge on any atom is 0.0383 e. The molecular weight excluding hydrogens is 112 g/mol. The maximum absolute atomic E-state index is 8.89. The first-order chi connectivity index (χ1) is 2.73. The van der Waals surface area contributed by atoms with Gasteiger partial charge in [0.25, 0.3) is 0 Å². The highest BCUT2D eigenvalue weighted by molar-refractivity contribution is 5.60. The van der Waals surface area contributed by atoms with Crippen LogP contribution in [-0.4, -0.2) is 18.2 Å². The van der Waals surface area contributed by atoms with Gasteiger partial charge in [0.2, 0.25) is 0 Å². The second-order valence-electron chi connectivity index (χ2n) is 0.492. The minimum atomic E-state index is -1.08. The van der Waals surface area contributed by atoms with Gasteiger partial charge in [0, 0.05) is 13.1 Å². The van der Waals surface area contributed by atoms with Gasteiger partial charge in [0.05, 0.1) is 0 Å². The molecule has 0 bridgehead atoms. The Hall–Kier alpha value is -0.650. The normalized spacial score (nSPS) is 3.88. The third-order valence-corrected chi connectivity index (χ3v) is 0. The van der Waals surface area contributed by atoms with E-state index in [1.807, 2.05) is 0 Å². The van der Waals surface area contributed by atoms with Crippen LogP contribution < -0.4 is 17.4 Å². The third-order valence-electron chi connectivity index (χ3n) is 0. The molecular formula is C3H14N2O3. The number of aliphatic hydroxyl groups excluding tert-OH is 1. The molecule has 5 nitrogen and oxygen atoms in total. The predicted molar refractivity (Wildman–Crippen MR) is 29.8 cm³/mol. The number of hydrogen-bond acceptors (Lipinski definition) is 4. The summed E-state index contributed by atoms with van der Waals surface area (Å²) in [5.74, 6) is -1.08. The largest absolute Gasteiger partial charge is 0.550 e. The molecule has 0 spiro atoms. The minimum absolute atomic E-state index is 0. The van der Waals surface area contributed by atoms with Crippen molar-refractivity contribution in [1.82, 2.24) is 12.3 Å². The molecule has 8 heavy (non-hydrogen) atoms. The molecule has 5 heteroatoms. The standard InChI is InChI=1S/C2H4O2.CH4O.2H3N/c1-2(3)4;1-2;;/h1H3,(H,3,4);2H,1H3;2*1H3. The summed E-state index contributed by atoms with van der Waals surface area (Å²) in [4.78, 5) is 8.89. The van der Waals surface area contributed by atoms with Crippen molar-refractivity contribution >= 4 is 5.97 Å². The van der Waals surface area contributed by atoms with Crippen LogP contribution in [0, 0.1) is 0 Å². The Labute approximate surface area is 48.5 Å². The highest BCUT2D eigenvalue weighted by Crippen LogP contribution is 1.31. The van der Waals surface area contributed by atoms with Crippen LogP contribution in [-0.2, 0) is 4.79 Å². The van der Waals surface area contributed by atoms with Gasteiger partial charge < -0.3 is 27.3 Å². The summed E-state index contributed by atoms with van der Waals surface area (Å²) in [6.45, 7) is 0.972. The van der Waals surface area contributed by atoms with E-state index in [1.165, 1.54) is 0 Å². The Morgan fingerprint density at radius 2 is 1.50 bits per heavy atom. The van der Waals surface area contributed by atoms with Crippen molar-refractivity contribution < 1.29 is 15.0 Å². The van der Waals surface area contributed by atoms with Gasteiger partial charge in [-0.05, 0) is 6.92 Å². The first kappa shape index (κ1) is 26.4. The van der Waals surface area contributed by atoms with Gasteiger partial charge in [-0.2, -0.15) is 0 Å². The van der Waals surface area contributed by atoms with Gasteiger partial charge >= 0.3 is 0 Å². The summed E-state index contributed by atoms with van der Waals surface area (Å²) >= 11 is 0. The quantitative estimate of drug-likeness (QED) is 0.380. The lowest BCUT2D eigenvalue weighted by atomic mass is 10.9. The van der Waals surface area contributed by atoms with Gasteiger partial charge in [0.15, 0.2) is 0 Å². The fourth-order valence-corrected chi connectivity index (χ4v) is 0. The number of hydrogen-bond donors (Lipinski definition) is 3. The number of carboxylic acid groups (broad SMARTS) is 1. The summed E-state index contributed by atoms with van der Waals surface area (Å²) in [6.07, 6.45) is 0. The number of carbonyl (C=O) groups excluding carboxylic acids is 1. The van der Waals surface area contributed by atoms with E-state index in [2.05, 4.69) is 0 Å². The Kier molecular flexibility index (Phi) is 109. The molecule has 0 aliphatic rings. The molecule has 0 heterocycles. The molecule has 0 aromatic heterocycles. The number of carboxylic acids is 1. The predicted octanol–water partition coefficient (Wildman–Crippen LogP) is -1.10. The van der Waals surface area contributed by atoms with Crippen LogP contribution in [0.4, 0.5) is 0 Å². The number of rotatable bonds is 0. The molecule has 0 unspecified atom stereocenters. The van der Waals surface area contributed by atoms with Crippen molar-refractivity contribution in [3.05, 3.63) is 0 Å². The van der Waals surface area contributed by atoms with Crippen molar-refractivity contribution in [2.24, 2.45) is 0 Å². The molecule has 0 rings (SSSR count). The lowest BCUT2D eigenvalue weighted by Gasteiger charge is -1.77. The molecule has 0 saturated heterocycles. The van der Waals surface area contributed by atoms with Gasteiger partial charge in [0.1, 0.15) is 0 Å². The monoisotopic (exact) mass is 126 g/mol. The third kappa shape index (κ3) is 240. The molecule has 0 aliphatic carbocycles. The lowest BCUT2D eigenvalue weighted by Crippen LogP contribution is -2.16. The number of aliphatic carboxylic acids is 1. The van der Waals surface area contributed by atoms with E-state index in [0.717, 1.165) is 14.0 Å². The molecule has 0 aromatic rings. The van der Waals surface area contributed by atoms with E-state index in [-0.39, 0.29) is 12.3 Å². The summed E-state index contributed by atoms with van der Waals surface area (Å²) < 4.78 is 0. The van der Waals surface area contributed by atoms with E-state index < -0.39 is 5.97 Å². The van der Waals surface area contributed by atoms with Crippen LogP contribution in [0.1, 0.15) is 6.92 Å². The van der Waals surface area contributed by atoms with Crippen molar-refractivity contribution in [3.63, 3.8) is 0 Å². The van der Waals surface area contributed by atoms with E-state index >= 15 is 0 Å². The Morgan fingerprint density at radius 1 is 1.50 bits per heavy atom. The topological polar surface area (TPSA) is 132 Å². The molecule has 0 saturated carbocycles. The van der Waals surface area contributed by atoms with Crippen LogP contribution in [0.2, 0.25) is 0 Å².